The Morgan fingerprint density at radius 1 is 1.33 bits per heavy atom. The van der Waals surface area contributed by atoms with Crippen LogP contribution >= 0.6 is 0 Å². The molecule has 3 heterocycles. The molecule has 0 spiro atoms. The molecule has 4 rings (SSSR count). The maximum atomic E-state index is 12.9. The van der Waals surface area contributed by atoms with E-state index in [4.69, 9.17) is 4.74 Å². The van der Waals surface area contributed by atoms with Crippen molar-refractivity contribution in [1.29, 1.82) is 0 Å². The molecule has 2 amide bonds. The fourth-order valence-electron chi connectivity index (χ4n) is 3.74. The lowest BCUT2D eigenvalue weighted by Crippen LogP contribution is -2.53. The zero-order chi connectivity index (χ0) is 18.8. The Labute approximate surface area is 157 Å². The number of hydrogen-bond acceptors (Lipinski definition) is 5. The Morgan fingerprint density at radius 3 is 3.07 bits per heavy atom. The molecule has 1 aromatic carbocycles. The number of hydrogen-bond donors (Lipinski definition) is 1. The van der Waals surface area contributed by atoms with Crippen LogP contribution in [0.1, 0.15) is 18.4 Å². The summed E-state index contributed by atoms with van der Waals surface area (Å²) >= 11 is 0. The normalized spacial score (nSPS) is 18.1. The van der Waals surface area contributed by atoms with Crippen LogP contribution in [0.3, 0.4) is 0 Å². The van der Waals surface area contributed by atoms with Crippen molar-refractivity contribution in [2.75, 3.05) is 30.0 Å². The lowest BCUT2D eigenvalue weighted by Gasteiger charge is -2.38. The molecule has 140 valence electrons. The van der Waals surface area contributed by atoms with Crippen LogP contribution in [-0.2, 0) is 16.1 Å². The molecule has 1 saturated heterocycles. The summed E-state index contributed by atoms with van der Waals surface area (Å²) in [5.74, 6) is 1.31. The summed E-state index contributed by atoms with van der Waals surface area (Å²) in [7, 11) is 1.61. The van der Waals surface area contributed by atoms with Gasteiger partial charge < -0.3 is 15.0 Å². The Hall–Kier alpha value is -3.09. The number of benzene rings is 1. The third-order valence-corrected chi connectivity index (χ3v) is 5.06. The topological polar surface area (TPSA) is 74.8 Å². The van der Waals surface area contributed by atoms with E-state index in [2.05, 4.69) is 15.2 Å². The number of fused-ring (bicyclic) bond motifs is 3. The van der Waals surface area contributed by atoms with Gasteiger partial charge in [0.05, 0.1) is 12.8 Å². The molecule has 0 saturated carbocycles. The van der Waals surface area contributed by atoms with E-state index in [1.165, 1.54) is 0 Å². The first-order valence-corrected chi connectivity index (χ1v) is 9.10. The van der Waals surface area contributed by atoms with E-state index in [-0.39, 0.29) is 24.4 Å². The van der Waals surface area contributed by atoms with Gasteiger partial charge in [0.25, 0.3) is 0 Å². The summed E-state index contributed by atoms with van der Waals surface area (Å²) in [6.07, 6.45) is 3.49. The number of amides is 2. The van der Waals surface area contributed by atoms with Gasteiger partial charge in [0.15, 0.2) is 5.82 Å². The van der Waals surface area contributed by atoms with Crippen molar-refractivity contribution < 1.29 is 14.3 Å². The molecule has 0 bridgehead atoms. The Balaban J connectivity index is 1.47. The second kappa shape index (κ2) is 7.26. The Bertz CT molecular complexity index is 870. The minimum atomic E-state index is -0.210. The molecule has 2 aromatic rings. The van der Waals surface area contributed by atoms with Crippen molar-refractivity contribution in [3.05, 3.63) is 48.2 Å². The van der Waals surface area contributed by atoms with Crippen LogP contribution in [0.2, 0.25) is 0 Å². The molecule has 2 aliphatic rings. The van der Waals surface area contributed by atoms with Crippen molar-refractivity contribution in [2.45, 2.75) is 25.4 Å². The smallest absolute Gasteiger partial charge is 0.250 e. The largest absolute Gasteiger partial charge is 0.497 e. The van der Waals surface area contributed by atoms with Gasteiger partial charge in [-0.2, -0.15) is 0 Å². The van der Waals surface area contributed by atoms with Crippen LogP contribution in [0.5, 0.6) is 5.75 Å². The fourth-order valence-corrected chi connectivity index (χ4v) is 3.74. The van der Waals surface area contributed by atoms with Gasteiger partial charge in [-0.1, -0.05) is 12.1 Å². The van der Waals surface area contributed by atoms with E-state index >= 15 is 0 Å². The van der Waals surface area contributed by atoms with Gasteiger partial charge in [-0.05, 0) is 42.7 Å². The number of methoxy groups -OCH3 is 1. The first kappa shape index (κ1) is 17.3. The SMILES string of the molecule is COc1cccc(CNC(=O)CN2C(=O)[C@@H]3CCCN3c3ncccc32)c1. The molecule has 0 aliphatic carbocycles. The Kier molecular flexibility index (Phi) is 4.66. The van der Waals surface area contributed by atoms with Crippen LogP contribution in [0.15, 0.2) is 42.6 Å². The van der Waals surface area contributed by atoms with Gasteiger partial charge in [0, 0.05) is 19.3 Å². The third kappa shape index (κ3) is 3.32. The zero-order valence-corrected chi connectivity index (χ0v) is 15.2. The zero-order valence-electron chi connectivity index (χ0n) is 15.2. The molecule has 1 atom stereocenters. The number of nitrogens with zero attached hydrogens (tertiary/aromatic N) is 3. The predicted molar refractivity (Wildman–Crippen MR) is 102 cm³/mol. The van der Waals surface area contributed by atoms with E-state index in [1.54, 1.807) is 24.3 Å². The molecule has 0 radical (unpaired) electrons. The van der Waals surface area contributed by atoms with E-state index in [0.717, 1.165) is 36.5 Å². The number of ether oxygens (including phenoxy) is 1. The lowest BCUT2D eigenvalue weighted by molar-refractivity contribution is -0.124. The Morgan fingerprint density at radius 2 is 2.22 bits per heavy atom. The highest BCUT2D eigenvalue weighted by molar-refractivity contribution is 6.08. The predicted octanol–water partition coefficient (Wildman–Crippen LogP) is 1.72. The summed E-state index contributed by atoms with van der Waals surface area (Å²) < 4.78 is 5.20. The van der Waals surface area contributed by atoms with E-state index in [9.17, 15) is 9.59 Å². The van der Waals surface area contributed by atoms with E-state index in [1.807, 2.05) is 30.3 Å². The lowest BCUT2D eigenvalue weighted by atomic mass is 10.1. The van der Waals surface area contributed by atoms with Gasteiger partial charge in [-0.15, -0.1) is 0 Å². The van der Waals surface area contributed by atoms with Crippen molar-refractivity contribution >= 4 is 23.3 Å². The average Bonchev–Trinajstić information content (AvgIpc) is 3.20. The minimum Gasteiger partial charge on any atom is -0.497 e. The highest BCUT2D eigenvalue weighted by Crippen LogP contribution is 2.37. The first-order chi connectivity index (χ1) is 13.2. The number of anilines is 2. The molecule has 0 unspecified atom stereocenters. The summed E-state index contributed by atoms with van der Waals surface area (Å²) in [5.41, 5.74) is 1.65. The number of aromatic nitrogens is 1. The third-order valence-electron chi connectivity index (χ3n) is 5.06. The number of carbonyl (C=O) groups is 2. The van der Waals surface area contributed by atoms with Crippen molar-refractivity contribution in [1.82, 2.24) is 10.3 Å². The number of pyridine rings is 1. The number of nitrogens with one attached hydrogen (secondary N) is 1. The maximum absolute atomic E-state index is 12.9. The van der Waals surface area contributed by atoms with Gasteiger partial charge in [0.2, 0.25) is 11.8 Å². The van der Waals surface area contributed by atoms with Crippen molar-refractivity contribution in [3.63, 3.8) is 0 Å². The monoisotopic (exact) mass is 366 g/mol. The highest BCUT2D eigenvalue weighted by atomic mass is 16.5. The summed E-state index contributed by atoms with van der Waals surface area (Å²) in [5, 5.41) is 2.89. The average molecular weight is 366 g/mol. The minimum absolute atomic E-state index is 0.00810. The van der Waals surface area contributed by atoms with Crippen molar-refractivity contribution in [2.24, 2.45) is 0 Å². The molecule has 2 aliphatic heterocycles. The fraction of sp³-hybridized carbons (Fsp3) is 0.350. The molecular weight excluding hydrogens is 344 g/mol. The quantitative estimate of drug-likeness (QED) is 0.872. The second-order valence-corrected chi connectivity index (χ2v) is 6.75. The number of rotatable bonds is 5. The number of carbonyl (C=O) groups excluding carboxylic acids is 2. The van der Waals surface area contributed by atoms with Gasteiger partial charge >= 0.3 is 0 Å². The molecule has 1 fully saturated rings. The van der Waals surface area contributed by atoms with E-state index in [0.29, 0.717) is 12.2 Å². The summed E-state index contributed by atoms with van der Waals surface area (Å²) in [6, 6.07) is 11.0. The molecule has 1 aromatic heterocycles. The van der Waals surface area contributed by atoms with Crippen LogP contribution < -0.4 is 19.9 Å². The van der Waals surface area contributed by atoms with Crippen LogP contribution in [0.25, 0.3) is 0 Å². The first-order valence-electron chi connectivity index (χ1n) is 9.10. The standard InChI is InChI=1S/C20H22N4O3/c1-27-15-6-2-5-14(11-15)12-22-18(25)13-24-16-7-3-9-21-19(16)23-10-4-8-17(23)20(24)26/h2-3,5-7,9,11,17H,4,8,10,12-13H2,1H3,(H,22,25)/t17-/m0/s1. The second-order valence-electron chi connectivity index (χ2n) is 6.75. The van der Waals surface area contributed by atoms with Crippen molar-refractivity contribution in [3.8, 4) is 5.75 Å². The summed E-state index contributed by atoms with van der Waals surface area (Å²) in [4.78, 5) is 33.5. The van der Waals surface area contributed by atoms with Gasteiger partial charge in [0.1, 0.15) is 18.3 Å². The molecule has 7 nitrogen and oxygen atoms in total. The molecule has 7 heteroatoms. The summed E-state index contributed by atoms with van der Waals surface area (Å²) in [6.45, 7) is 1.20. The van der Waals surface area contributed by atoms with E-state index < -0.39 is 0 Å². The van der Waals surface area contributed by atoms with Crippen LogP contribution in [0, 0.1) is 0 Å². The molecule has 27 heavy (non-hydrogen) atoms. The maximum Gasteiger partial charge on any atom is 0.250 e. The highest BCUT2D eigenvalue weighted by Gasteiger charge is 2.41. The van der Waals surface area contributed by atoms with Gasteiger partial charge in [-0.3, -0.25) is 14.5 Å². The molecular formula is C20H22N4O3. The van der Waals surface area contributed by atoms with Gasteiger partial charge in [-0.25, -0.2) is 4.98 Å². The van der Waals surface area contributed by atoms with Crippen LogP contribution in [-0.4, -0.2) is 43.0 Å². The molecule has 1 N–H and O–H groups in total. The van der Waals surface area contributed by atoms with Crippen LogP contribution in [0.4, 0.5) is 11.5 Å².